The van der Waals surface area contributed by atoms with Crippen molar-refractivity contribution < 1.29 is 18.0 Å². The van der Waals surface area contributed by atoms with Gasteiger partial charge in [-0.25, -0.2) is 0 Å². The Bertz CT molecular complexity index is 419. The fraction of sp³-hybridized carbons (Fsp3) is 0.125. The van der Waals surface area contributed by atoms with Crippen LogP contribution in [0.4, 0.5) is 18.9 Å². The van der Waals surface area contributed by atoms with E-state index in [0.29, 0.717) is 0 Å². The van der Waals surface area contributed by atoms with E-state index in [1.54, 1.807) is 0 Å². The molecule has 0 unspecified atom stereocenters. The van der Waals surface area contributed by atoms with Crippen LogP contribution in [0.25, 0.3) is 0 Å². The SMILES string of the molecule is Nc1c(Br)ccc(C(F)(F)F)c1C(=O)Cl. The number of halogens is 5. The van der Waals surface area contributed by atoms with Crippen molar-refractivity contribution in [2.24, 2.45) is 0 Å². The molecule has 1 rings (SSSR count). The molecule has 0 radical (unpaired) electrons. The predicted octanol–water partition coefficient (Wildman–Crippen LogP) is 3.43. The predicted molar refractivity (Wildman–Crippen MR) is 53.7 cm³/mol. The number of benzene rings is 1. The number of nitrogens with two attached hydrogens (primary N) is 1. The first-order valence-corrected chi connectivity index (χ1v) is 4.77. The van der Waals surface area contributed by atoms with Crippen LogP contribution in [0.5, 0.6) is 0 Å². The molecule has 0 aliphatic carbocycles. The zero-order valence-electron chi connectivity index (χ0n) is 7.03. The molecule has 0 saturated heterocycles. The summed E-state index contributed by atoms with van der Waals surface area (Å²) < 4.78 is 37.5. The van der Waals surface area contributed by atoms with E-state index in [0.717, 1.165) is 12.1 Å². The van der Waals surface area contributed by atoms with Crippen molar-refractivity contribution in [2.75, 3.05) is 5.73 Å². The average Bonchev–Trinajstić information content (AvgIpc) is 2.06. The van der Waals surface area contributed by atoms with Crippen molar-refractivity contribution in [2.45, 2.75) is 6.18 Å². The standard InChI is InChI=1S/C8H4BrClF3NO/c9-4-2-1-3(8(11,12)13)5(6(4)14)7(10)15/h1-2H,14H2. The molecule has 0 fully saturated rings. The van der Waals surface area contributed by atoms with Crippen molar-refractivity contribution in [1.29, 1.82) is 0 Å². The van der Waals surface area contributed by atoms with Crippen LogP contribution >= 0.6 is 27.5 Å². The fourth-order valence-corrected chi connectivity index (χ4v) is 1.58. The lowest BCUT2D eigenvalue weighted by atomic mass is 10.1. The molecule has 1 aromatic carbocycles. The first-order chi connectivity index (χ1) is 6.75. The van der Waals surface area contributed by atoms with Gasteiger partial charge in [-0.15, -0.1) is 0 Å². The summed E-state index contributed by atoms with van der Waals surface area (Å²) in [6.07, 6.45) is -4.66. The van der Waals surface area contributed by atoms with E-state index < -0.39 is 22.5 Å². The van der Waals surface area contributed by atoms with Gasteiger partial charge in [0, 0.05) is 4.47 Å². The number of nitrogen functional groups attached to an aromatic ring is 1. The third-order valence-electron chi connectivity index (χ3n) is 1.69. The molecule has 2 N–H and O–H groups in total. The molecule has 2 nitrogen and oxygen atoms in total. The molecule has 0 saturated carbocycles. The van der Waals surface area contributed by atoms with Crippen molar-refractivity contribution >= 4 is 38.5 Å². The number of alkyl halides is 3. The zero-order chi connectivity index (χ0) is 11.8. The van der Waals surface area contributed by atoms with Crippen molar-refractivity contribution in [3.8, 4) is 0 Å². The van der Waals surface area contributed by atoms with Gasteiger partial charge in [0.2, 0.25) is 0 Å². The molecule has 0 aromatic heterocycles. The maximum atomic E-state index is 12.4. The number of hydrogen-bond donors (Lipinski definition) is 1. The Morgan fingerprint density at radius 3 is 2.33 bits per heavy atom. The van der Waals surface area contributed by atoms with Crippen LogP contribution in [0.2, 0.25) is 0 Å². The highest BCUT2D eigenvalue weighted by Crippen LogP contribution is 2.37. The molecule has 0 aliphatic heterocycles. The fourth-order valence-electron chi connectivity index (χ4n) is 1.04. The Morgan fingerprint density at radius 1 is 1.40 bits per heavy atom. The molecule has 0 amide bonds. The lowest BCUT2D eigenvalue weighted by Crippen LogP contribution is -2.13. The van der Waals surface area contributed by atoms with E-state index in [2.05, 4.69) is 15.9 Å². The number of rotatable bonds is 1. The van der Waals surface area contributed by atoms with Crippen molar-refractivity contribution in [3.63, 3.8) is 0 Å². The van der Waals surface area contributed by atoms with Crippen LogP contribution in [0, 0.1) is 0 Å². The molecule has 0 aliphatic rings. The Labute approximate surface area is 96.3 Å². The van der Waals surface area contributed by atoms with E-state index in [1.807, 2.05) is 0 Å². The highest BCUT2D eigenvalue weighted by atomic mass is 79.9. The van der Waals surface area contributed by atoms with E-state index in [1.165, 1.54) is 0 Å². The monoisotopic (exact) mass is 301 g/mol. The van der Waals surface area contributed by atoms with Crippen LogP contribution in [0.15, 0.2) is 16.6 Å². The van der Waals surface area contributed by atoms with E-state index in [-0.39, 0.29) is 10.2 Å². The quantitative estimate of drug-likeness (QED) is 0.638. The minimum Gasteiger partial charge on any atom is -0.397 e. The number of carbonyl (C=O) groups excluding carboxylic acids is 1. The second kappa shape index (κ2) is 4.02. The molecule has 0 heterocycles. The minimum absolute atomic E-state index is 0.194. The van der Waals surface area contributed by atoms with Crippen LogP contribution in [0.3, 0.4) is 0 Å². The summed E-state index contributed by atoms with van der Waals surface area (Å²) in [5.74, 6) is 0. The molecule has 1 aromatic rings. The van der Waals surface area contributed by atoms with Gasteiger partial charge in [0.25, 0.3) is 5.24 Å². The normalized spacial score (nSPS) is 11.5. The van der Waals surface area contributed by atoms with Gasteiger partial charge in [0.1, 0.15) is 0 Å². The van der Waals surface area contributed by atoms with Gasteiger partial charge in [0.15, 0.2) is 0 Å². The number of anilines is 1. The van der Waals surface area contributed by atoms with E-state index in [4.69, 9.17) is 17.3 Å². The average molecular weight is 302 g/mol. The van der Waals surface area contributed by atoms with Crippen LogP contribution in [0.1, 0.15) is 15.9 Å². The second-order valence-electron chi connectivity index (χ2n) is 2.66. The Morgan fingerprint density at radius 2 is 1.93 bits per heavy atom. The van der Waals surface area contributed by atoms with Crippen molar-refractivity contribution in [3.05, 3.63) is 27.7 Å². The Hall–Kier alpha value is -0.750. The lowest BCUT2D eigenvalue weighted by Gasteiger charge is -2.12. The Kier molecular flexibility index (Phi) is 3.30. The van der Waals surface area contributed by atoms with Gasteiger partial charge >= 0.3 is 6.18 Å². The van der Waals surface area contributed by atoms with Gasteiger partial charge in [-0.05, 0) is 39.7 Å². The molecule has 82 valence electrons. The van der Waals surface area contributed by atoms with Crippen LogP contribution in [-0.2, 0) is 6.18 Å². The molecule has 0 bridgehead atoms. The summed E-state index contributed by atoms with van der Waals surface area (Å²) in [6.45, 7) is 0. The third kappa shape index (κ3) is 2.43. The van der Waals surface area contributed by atoms with Gasteiger partial charge in [-0.2, -0.15) is 13.2 Å². The maximum absolute atomic E-state index is 12.4. The van der Waals surface area contributed by atoms with E-state index in [9.17, 15) is 18.0 Å². The minimum atomic E-state index is -4.66. The summed E-state index contributed by atoms with van der Waals surface area (Å²) in [7, 11) is 0. The summed E-state index contributed by atoms with van der Waals surface area (Å²) in [5, 5.41) is -1.24. The summed E-state index contributed by atoms with van der Waals surface area (Å²) in [6, 6.07) is 1.86. The number of carbonyl (C=O) groups is 1. The highest BCUT2D eigenvalue weighted by molar-refractivity contribution is 9.10. The zero-order valence-corrected chi connectivity index (χ0v) is 9.37. The van der Waals surface area contributed by atoms with Crippen molar-refractivity contribution in [1.82, 2.24) is 0 Å². The third-order valence-corrected chi connectivity index (χ3v) is 2.57. The highest BCUT2D eigenvalue weighted by Gasteiger charge is 2.36. The molecule has 0 atom stereocenters. The molecular weight excluding hydrogens is 298 g/mol. The molecule has 0 spiro atoms. The van der Waals surface area contributed by atoms with Gasteiger partial charge < -0.3 is 5.73 Å². The van der Waals surface area contributed by atoms with E-state index >= 15 is 0 Å². The van der Waals surface area contributed by atoms with Gasteiger partial charge in [-0.3, -0.25) is 4.79 Å². The second-order valence-corrected chi connectivity index (χ2v) is 3.85. The summed E-state index contributed by atoms with van der Waals surface area (Å²) in [5.41, 5.74) is 3.15. The molecule has 15 heavy (non-hydrogen) atoms. The Balaban J connectivity index is 3.55. The number of hydrogen-bond acceptors (Lipinski definition) is 2. The smallest absolute Gasteiger partial charge is 0.397 e. The van der Waals surface area contributed by atoms with Gasteiger partial charge in [-0.1, -0.05) is 0 Å². The molecular formula is C8H4BrClF3NO. The van der Waals surface area contributed by atoms with Crippen LogP contribution < -0.4 is 5.73 Å². The molecule has 7 heteroatoms. The largest absolute Gasteiger partial charge is 0.417 e. The summed E-state index contributed by atoms with van der Waals surface area (Å²) in [4.78, 5) is 10.9. The first-order valence-electron chi connectivity index (χ1n) is 3.60. The lowest BCUT2D eigenvalue weighted by molar-refractivity contribution is -0.137. The summed E-state index contributed by atoms with van der Waals surface area (Å²) >= 11 is 7.96. The van der Waals surface area contributed by atoms with Gasteiger partial charge in [0.05, 0.1) is 16.8 Å². The topological polar surface area (TPSA) is 43.1 Å². The van der Waals surface area contributed by atoms with Crippen LogP contribution in [-0.4, -0.2) is 5.24 Å². The maximum Gasteiger partial charge on any atom is 0.417 e. The first kappa shape index (κ1) is 12.3.